The van der Waals surface area contributed by atoms with Gasteiger partial charge in [-0.05, 0) is 0 Å². The summed E-state index contributed by atoms with van der Waals surface area (Å²) in [6.45, 7) is 4.75. The molecule has 0 spiro atoms. The first-order valence-electron chi connectivity index (χ1n) is 0.224. The first-order valence-corrected chi connectivity index (χ1v) is 0.224. The summed E-state index contributed by atoms with van der Waals surface area (Å²) >= 11 is 0. The average molecular weight is 261 g/mol. The van der Waals surface area contributed by atoms with Crippen molar-refractivity contribution in [2.75, 3.05) is 0 Å². The third-order valence-electron chi connectivity index (χ3n) is 0. The van der Waals surface area contributed by atoms with Gasteiger partial charge in [0.25, 0.3) is 0 Å². The molecular weight excluding hydrogens is 260 g/mol. The van der Waals surface area contributed by atoms with Gasteiger partial charge in [0.15, 0.2) is 0 Å². The normalized spacial score (nSPS) is 0.400. The Kier molecular flexibility index (Phi) is 331. The average Bonchev–Trinajstić information content (AvgIpc) is 1.00. The van der Waals surface area contributed by atoms with Gasteiger partial charge in [-0.1, -0.05) is 0 Å². The minimum Gasteiger partial charge on any atom is -0.512 e. The standard InChI is InChI=1S/CN.Co.HI.Ti/c1-2;;;/h;;1H;/q-1;;;. The molecule has 0 bridgehead atoms. The summed E-state index contributed by atoms with van der Waals surface area (Å²) in [6, 6.07) is 0. The number of nitrogens with zero attached hydrogens (tertiary/aromatic N) is 1. The molecule has 0 aliphatic carbocycles. The van der Waals surface area contributed by atoms with Crippen molar-refractivity contribution in [3.05, 3.63) is 6.57 Å². The molecule has 0 saturated heterocycles. The molecule has 0 amide bonds. The zero-order valence-electron chi connectivity index (χ0n) is 2.19. The molecule has 0 heterocycles. The maximum atomic E-state index is 6.25. The van der Waals surface area contributed by atoms with E-state index in [0.717, 1.165) is 0 Å². The van der Waals surface area contributed by atoms with E-state index in [1.54, 1.807) is 0 Å². The summed E-state index contributed by atoms with van der Waals surface area (Å²) in [7, 11) is 0. The minimum absolute atomic E-state index is 0. The van der Waals surface area contributed by atoms with Gasteiger partial charge in [-0.25, -0.2) is 0 Å². The van der Waals surface area contributed by atoms with E-state index in [1.807, 2.05) is 0 Å². The van der Waals surface area contributed by atoms with Gasteiger partial charge in [-0.2, -0.15) is 0 Å². The van der Waals surface area contributed by atoms with E-state index in [0.29, 0.717) is 0 Å². The topological polar surface area (TPSA) is 23.8 Å². The van der Waals surface area contributed by atoms with E-state index in [2.05, 4.69) is 0 Å². The zero-order chi connectivity index (χ0) is 2.00. The Balaban J connectivity index is -0.00000000167. The van der Waals surface area contributed by atoms with Crippen molar-refractivity contribution in [1.82, 2.24) is 0 Å². The van der Waals surface area contributed by atoms with Gasteiger partial charge in [0.2, 0.25) is 0 Å². The van der Waals surface area contributed by atoms with E-state index in [4.69, 9.17) is 11.8 Å². The summed E-state index contributed by atoms with van der Waals surface area (Å²) in [5.41, 5.74) is 0. The van der Waals surface area contributed by atoms with Gasteiger partial charge >= 0.3 is 0 Å². The van der Waals surface area contributed by atoms with Gasteiger partial charge in [0.05, 0.1) is 0 Å². The summed E-state index contributed by atoms with van der Waals surface area (Å²) < 4.78 is 0. The number of hydrogen-bond donors (Lipinski definition) is 0. The predicted octanol–water partition coefficient (Wildman–Crippen LogP) is 0.709. The van der Waals surface area contributed by atoms with Crippen molar-refractivity contribution in [2.45, 2.75) is 0 Å². The molecule has 0 N–H and O–H groups in total. The van der Waals surface area contributed by atoms with Crippen LogP contribution in [0.1, 0.15) is 0 Å². The van der Waals surface area contributed by atoms with Crippen LogP contribution in [0.5, 0.6) is 0 Å². The predicted molar refractivity (Wildman–Crippen MR) is 20.4 cm³/mol. The van der Waals surface area contributed by atoms with Crippen LogP contribution in [0.4, 0.5) is 0 Å². The van der Waals surface area contributed by atoms with Crippen LogP contribution in [0.3, 0.4) is 0 Å². The molecule has 0 aromatic rings. The quantitative estimate of drug-likeness (QED) is 0.358. The molecule has 31 valence electrons. The SMILES string of the molecule is I.[C-]#N.[Co].[Ti]. The minimum atomic E-state index is 0. The van der Waals surface area contributed by atoms with Crippen LogP contribution in [0.25, 0.3) is 0 Å². The maximum absolute atomic E-state index is 6.25. The van der Waals surface area contributed by atoms with E-state index < -0.39 is 0 Å². The van der Waals surface area contributed by atoms with Gasteiger partial charge in [0.1, 0.15) is 0 Å². The van der Waals surface area contributed by atoms with Gasteiger partial charge in [-0.3, -0.25) is 0 Å². The van der Waals surface area contributed by atoms with Crippen molar-refractivity contribution in [3.63, 3.8) is 0 Å². The second-order valence-corrected chi connectivity index (χ2v) is 0. The van der Waals surface area contributed by atoms with Crippen LogP contribution in [-0.4, -0.2) is 0 Å². The molecule has 4 heteroatoms. The molecule has 0 aliphatic rings. The Morgan fingerprint density at radius 1 is 1.20 bits per heavy atom. The Morgan fingerprint density at radius 3 is 1.20 bits per heavy atom. The van der Waals surface area contributed by atoms with Gasteiger partial charge in [-0.15, -0.1) is 24.0 Å². The molecule has 1 radical (unpaired) electrons. The molecule has 1 nitrogen and oxygen atoms in total. The van der Waals surface area contributed by atoms with Gasteiger partial charge in [0, 0.05) is 38.5 Å². The first-order chi connectivity index (χ1) is 1.00. The Bertz CT molecular complexity index is 16.4. The molecule has 0 atom stereocenters. The van der Waals surface area contributed by atoms with Crippen LogP contribution < -0.4 is 0 Å². The number of hydrogen-bond acceptors (Lipinski definition) is 1. The smallest absolute Gasteiger partial charge is 0 e. The molecule has 0 aliphatic heterocycles. The molecular formula is CHCoINTi-. The third-order valence-corrected chi connectivity index (χ3v) is 0. The fraction of sp³-hybridized carbons (Fsp3) is 0. The molecule has 0 saturated carbocycles. The second-order valence-electron chi connectivity index (χ2n) is 0. The van der Waals surface area contributed by atoms with Crippen molar-refractivity contribution < 1.29 is 38.5 Å². The van der Waals surface area contributed by atoms with E-state index in [1.165, 1.54) is 0 Å². The van der Waals surface area contributed by atoms with Crippen molar-refractivity contribution in [1.29, 1.82) is 5.26 Å². The molecule has 0 aromatic heterocycles. The van der Waals surface area contributed by atoms with Crippen molar-refractivity contribution in [3.8, 4) is 0 Å². The molecule has 0 rings (SSSR count). The second kappa shape index (κ2) is 51.7. The summed E-state index contributed by atoms with van der Waals surface area (Å²) in [5.74, 6) is 0. The van der Waals surface area contributed by atoms with E-state index >= 15 is 0 Å². The summed E-state index contributed by atoms with van der Waals surface area (Å²) in [5, 5.41) is 6.25. The van der Waals surface area contributed by atoms with Crippen molar-refractivity contribution >= 4 is 24.0 Å². The van der Waals surface area contributed by atoms with Crippen LogP contribution in [-0.2, 0) is 38.5 Å². The van der Waals surface area contributed by atoms with E-state index in [9.17, 15) is 0 Å². The fourth-order valence-corrected chi connectivity index (χ4v) is 0. The molecule has 0 aromatic carbocycles. The van der Waals surface area contributed by atoms with Crippen LogP contribution >= 0.6 is 24.0 Å². The summed E-state index contributed by atoms with van der Waals surface area (Å²) in [6.07, 6.45) is 0. The monoisotopic (exact) mass is 261 g/mol. The molecule has 0 fully saturated rings. The Hall–Kier alpha value is 1.44. The van der Waals surface area contributed by atoms with Crippen LogP contribution in [0, 0.1) is 11.8 Å². The maximum Gasteiger partial charge on any atom is 0 e. The summed E-state index contributed by atoms with van der Waals surface area (Å²) in [4.78, 5) is 0. The number of rotatable bonds is 0. The number of halogens is 1. The largest absolute Gasteiger partial charge is 0.512 e. The van der Waals surface area contributed by atoms with Crippen molar-refractivity contribution in [2.24, 2.45) is 0 Å². The fourth-order valence-electron chi connectivity index (χ4n) is 0. The zero-order valence-corrected chi connectivity index (χ0v) is 7.12. The van der Waals surface area contributed by atoms with Crippen LogP contribution in [0.2, 0.25) is 0 Å². The first kappa shape index (κ1) is 32.0. The van der Waals surface area contributed by atoms with Gasteiger partial charge < -0.3 is 11.8 Å². The third kappa shape index (κ3) is 31.0. The molecule has 5 heavy (non-hydrogen) atoms. The van der Waals surface area contributed by atoms with Crippen LogP contribution in [0.15, 0.2) is 0 Å². The Labute approximate surface area is 73.6 Å². The Morgan fingerprint density at radius 2 is 1.20 bits per heavy atom. The van der Waals surface area contributed by atoms with E-state index in [-0.39, 0.29) is 62.5 Å². The molecule has 0 unspecified atom stereocenters.